The van der Waals surface area contributed by atoms with E-state index < -0.39 is 18.4 Å². The number of ketones is 1. The summed E-state index contributed by atoms with van der Waals surface area (Å²) < 4.78 is 10.4. The quantitative estimate of drug-likeness (QED) is 0.711. The summed E-state index contributed by atoms with van der Waals surface area (Å²) in [5, 5.41) is 10.7. The van der Waals surface area contributed by atoms with E-state index in [1.54, 1.807) is 23.6 Å². The maximum absolute atomic E-state index is 12.7. The summed E-state index contributed by atoms with van der Waals surface area (Å²) in [6, 6.07) is 6.59. The first-order valence-electron chi connectivity index (χ1n) is 7.66. The van der Waals surface area contributed by atoms with Crippen molar-refractivity contribution >= 4 is 29.0 Å². The third-order valence-corrected chi connectivity index (χ3v) is 4.53. The SMILES string of the molecule is COc1cc(CN(CC(=O)O)C(=O)c2cc(C(C)=O)cs2)cc(OC)c1. The molecule has 1 N–H and O–H groups in total. The number of rotatable bonds is 8. The summed E-state index contributed by atoms with van der Waals surface area (Å²) >= 11 is 1.11. The molecule has 1 amide bonds. The van der Waals surface area contributed by atoms with Gasteiger partial charge in [0.25, 0.3) is 5.91 Å². The number of carboxylic acids is 1. The maximum atomic E-state index is 12.7. The lowest BCUT2D eigenvalue weighted by Gasteiger charge is -2.21. The number of benzene rings is 1. The van der Waals surface area contributed by atoms with Crippen LogP contribution in [0, 0.1) is 0 Å². The molecule has 0 saturated heterocycles. The molecule has 26 heavy (non-hydrogen) atoms. The molecular formula is C18H19NO6S. The fourth-order valence-corrected chi connectivity index (χ4v) is 3.24. The normalized spacial score (nSPS) is 10.3. The van der Waals surface area contributed by atoms with Crippen LogP contribution >= 0.6 is 11.3 Å². The maximum Gasteiger partial charge on any atom is 0.323 e. The van der Waals surface area contributed by atoms with Gasteiger partial charge >= 0.3 is 5.97 Å². The van der Waals surface area contributed by atoms with E-state index in [1.165, 1.54) is 32.1 Å². The van der Waals surface area contributed by atoms with Crippen LogP contribution in [0.5, 0.6) is 11.5 Å². The topological polar surface area (TPSA) is 93.1 Å². The van der Waals surface area contributed by atoms with Crippen LogP contribution in [0.2, 0.25) is 0 Å². The Morgan fingerprint density at radius 1 is 1.08 bits per heavy atom. The summed E-state index contributed by atoms with van der Waals surface area (Å²) in [5.74, 6) is -0.653. The van der Waals surface area contributed by atoms with Crippen molar-refractivity contribution in [3.8, 4) is 11.5 Å². The van der Waals surface area contributed by atoms with Crippen molar-refractivity contribution in [3.63, 3.8) is 0 Å². The van der Waals surface area contributed by atoms with Crippen LogP contribution in [0.1, 0.15) is 32.5 Å². The molecule has 1 aromatic carbocycles. The Morgan fingerprint density at radius 3 is 2.15 bits per heavy atom. The number of hydrogen-bond donors (Lipinski definition) is 1. The Bertz CT molecular complexity index is 807. The van der Waals surface area contributed by atoms with Crippen LogP contribution in [-0.2, 0) is 11.3 Å². The number of carbonyl (C=O) groups excluding carboxylic acids is 2. The Kier molecular flexibility index (Phi) is 6.35. The molecule has 0 saturated carbocycles. The number of ether oxygens (including phenoxy) is 2. The van der Waals surface area contributed by atoms with Gasteiger partial charge in [0.15, 0.2) is 5.78 Å². The number of nitrogens with zero attached hydrogens (tertiary/aromatic N) is 1. The lowest BCUT2D eigenvalue weighted by Crippen LogP contribution is -2.34. The van der Waals surface area contributed by atoms with E-state index in [0.29, 0.717) is 27.5 Å². The number of Topliss-reactive ketones (excluding diaryl/α,β-unsaturated/α-hetero) is 1. The molecule has 0 unspecified atom stereocenters. The van der Waals surface area contributed by atoms with E-state index in [0.717, 1.165) is 11.3 Å². The second kappa shape index (κ2) is 8.48. The molecule has 8 heteroatoms. The third kappa shape index (κ3) is 4.82. The molecule has 0 spiro atoms. The second-order valence-corrected chi connectivity index (χ2v) is 6.44. The molecule has 0 atom stereocenters. The molecule has 0 aliphatic carbocycles. The monoisotopic (exact) mass is 377 g/mol. The highest BCUT2D eigenvalue weighted by atomic mass is 32.1. The molecular weight excluding hydrogens is 358 g/mol. The zero-order valence-electron chi connectivity index (χ0n) is 14.6. The average molecular weight is 377 g/mol. The summed E-state index contributed by atoms with van der Waals surface area (Å²) in [7, 11) is 3.02. The van der Waals surface area contributed by atoms with Crippen LogP contribution in [0.4, 0.5) is 0 Å². The van der Waals surface area contributed by atoms with Crippen molar-refractivity contribution in [2.24, 2.45) is 0 Å². The highest BCUT2D eigenvalue weighted by Gasteiger charge is 2.21. The number of hydrogen-bond acceptors (Lipinski definition) is 6. The Labute approximate surface area is 154 Å². The standard InChI is InChI=1S/C18H19NO6S/c1-11(20)13-6-16(26-10-13)18(23)19(9-17(21)22)8-12-4-14(24-2)7-15(5-12)25-3/h4-7,10H,8-9H2,1-3H3,(H,21,22). The Balaban J connectivity index is 2.30. The Morgan fingerprint density at radius 2 is 1.69 bits per heavy atom. The van der Waals surface area contributed by atoms with Crippen LogP contribution in [0.25, 0.3) is 0 Å². The minimum Gasteiger partial charge on any atom is -0.497 e. The fourth-order valence-electron chi connectivity index (χ4n) is 2.33. The van der Waals surface area contributed by atoms with E-state index in [4.69, 9.17) is 14.6 Å². The highest BCUT2D eigenvalue weighted by molar-refractivity contribution is 7.12. The number of carboxylic acid groups (broad SMARTS) is 1. The minimum atomic E-state index is -1.13. The van der Waals surface area contributed by atoms with Gasteiger partial charge in [-0.1, -0.05) is 0 Å². The Hall–Kier alpha value is -2.87. The van der Waals surface area contributed by atoms with E-state index in [-0.39, 0.29) is 12.3 Å². The zero-order chi connectivity index (χ0) is 19.3. The van der Waals surface area contributed by atoms with E-state index in [2.05, 4.69) is 0 Å². The molecule has 0 aliphatic heterocycles. The van der Waals surface area contributed by atoms with Crippen LogP contribution in [0.3, 0.4) is 0 Å². The predicted octanol–water partition coefficient (Wildman–Crippen LogP) is 2.69. The van der Waals surface area contributed by atoms with Crippen LogP contribution < -0.4 is 9.47 Å². The van der Waals surface area contributed by atoms with E-state index in [1.807, 2.05) is 0 Å². The van der Waals surface area contributed by atoms with Crippen molar-refractivity contribution in [3.05, 3.63) is 45.6 Å². The van der Waals surface area contributed by atoms with Gasteiger partial charge in [-0.25, -0.2) is 0 Å². The lowest BCUT2D eigenvalue weighted by atomic mass is 10.1. The van der Waals surface area contributed by atoms with Crippen LogP contribution in [-0.4, -0.2) is 48.4 Å². The first-order valence-corrected chi connectivity index (χ1v) is 8.54. The van der Waals surface area contributed by atoms with Crippen molar-refractivity contribution in [2.45, 2.75) is 13.5 Å². The van der Waals surface area contributed by atoms with Gasteiger partial charge in [-0.15, -0.1) is 11.3 Å². The molecule has 2 rings (SSSR count). The third-order valence-electron chi connectivity index (χ3n) is 3.61. The number of aliphatic carboxylic acids is 1. The predicted molar refractivity (Wildman–Crippen MR) is 96.2 cm³/mol. The molecule has 1 heterocycles. The second-order valence-electron chi connectivity index (χ2n) is 5.53. The van der Waals surface area contributed by atoms with Gasteiger partial charge in [0.05, 0.1) is 19.1 Å². The van der Waals surface area contributed by atoms with Gasteiger partial charge in [-0.05, 0) is 30.7 Å². The summed E-state index contributed by atoms with van der Waals surface area (Å²) in [5.41, 5.74) is 1.09. The number of carbonyl (C=O) groups is 3. The number of methoxy groups -OCH3 is 2. The molecule has 0 aliphatic rings. The smallest absolute Gasteiger partial charge is 0.323 e. The molecule has 1 aromatic heterocycles. The number of thiophene rings is 1. The van der Waals surface area contributed by atoms with Crippen molar-refractivity contribution in [2.75, 3.05) is 20.8 Å². The van der Waals surface area contributed by atoms with Gasteiger partial charge in [0.1, 0.15) is 18.0 Å². The fraction of sp³-hybridized carbons (Fsp3) is 0.278. The van der Waals surface area contributed by atoms with Crippen molar-refractivity contribution < 1.29 is 29.0 Å². The first-order chi connectivity index (χ1) is 12.3. The van der Waals surface area contributed by atoms with Gasteiger partial charge < -0.3 is 19.5 Å². The summed E-state index contributed by atoms with van der Waals surface area (Å²) in [4.78, 5) is 36.9. The lowest BCUT2D eigenvalue weighted by molar-refractivity contribution is -0.137. The summed E-state index contributed by atoms with van der Waals surface area (Å²) in [6.07, 6.45) is 0. The largest absolute Gasteiger partial charge is 0.497 e. The van der Waals surface area contributed by atoms with Gasteiger partial charge in [-0.2, -0.15) is 0 Å². The van der Waals surface area contributed by atoms with E-state index in [9.17, 15) is 14.4 Å². The molecule has 0 radical (unpaired) electrons. The van der Waals surface area contributed by atoms with Crippen molar-refractivity contribution in [1.29, 1.82) is 0 Å². The van der Waals surface area contributed by atoms with Crippen molar-refractivity contribution in [1.82, 2.24) is 4.90 Å². The molecule has 0 bridgehead atoms. The highest BCUT2D eigenvalue weighted by Crippen LogP contribution is 2.25. The molecule has 138 valence electrons. The first kappa shape index (κ1) is 19.5. The van der Waals surface area contributed by atoms with E-state index >= 15 is 0 Å². The van der Waals surface area contributed by atoms with Gasteiger partial charge in [0, 0.05) is 23.6 Å². The van der Waals surface area contributed by atoms with Gasteiger partial charge in [-0.3, -0.25) is 14.4 Å². The number of amides is 1. The summed E-state index contributed by atoms with van der Waals surface area (Å²) in [6.45, 7) is 1.01. The van der Waals surface area contributed by atoms with Crippen LogP contribution in [0.15, 0.2) is 29.6 Å². The minimum absolute atomic E-state index is 0.0615. The zero-order valence-corrected chi connectivity index (χ0v) is 15.5. The van der Waals surface area contributed by atoms with Gasteiger partial charge in [0.2, 0.25) is 0 Å². The molecule has 7 nitrogen and oxygen atoms in total. The molecule has 2 aromatic rings. The molecule has 0 fully saturated rings. The average Bonchev–Trinajstić information content (AvgIpc) is 3.10.